The van der Waals surface area contributed by atoms with E-state index in [-0.39, 0.29) is 17.9 Å². The van der Waals surface area contributed by atoms with E-state index < -0.39 is 5.54 Å². The number of nitrogens with zero attached hydrogens (tertiary/aromatic N) is 1. The summed E-state index contributed by atoms with van der Waals surface area (Å²) < 4.78 is 0. The molecule has 1 saturated heterocycles. The zero-order valence-electron chi connectivity index (χ0n) is 13.2. The van der Waals surface area contributed by atoms with Crippen LogP contribution in [0.5, 0.6) is 0 Å². The Morgan fingerprint density at radius 2 is 1.90 bits per heavy atom. The maximum Gasteiger partial charge on any atom is 0.248 e. The first-order chi connectivity index (χ1) is 9.39. The summed E-state index contributed by atoms with van der Waals surface area (Å²) in [5.74, 6) is 1.27. The fraction of sp³-hybridized carbons (Fsp3) is 0.875. The van der Waals surface area contributed by atoms with E-state index in [9.17, 15) is 9.59 Å². The van der Waals surface area contributed by atoms with E-state index in [1.807, 2.05) is 25.7 Å². The SMILES string of the molecule is CCC1(C)NC(=O)C(C)N(CC2CCCCC2C)C1=O. The lowest BCUT2D eigenvalue weighted by atomic mass is 9.79. The Hall–Kier alpha value is -1.06. The van der Waals surface area contributed by atoms with Crippen molar-refractivity contribution in [2.45, 2.75) is 71.4 Å². The average Bonchev–Trinajstić information content (AvgIpc) is 2.43. The minimum Gasteiger partial charge on any atom is -0.340 e. The summed E-state index contributed by atoms with van der Waals surface area (Å²) in [6.07, 6.45) is 5.62. The van der Waals surface area contributed by atoms with Crippen LogP contribution < -0.4 is 5.32 Å². The Morgan fingerprint density at radius 3 is 2.50 bits per heavy atom. The van der Waals surface area contributed by atoms with Gasteiger partial charge in [0.1, 0.15) is 11.6 Å². The summed E-state index contributed by atoms with van der Waals surface area (Å²) in [6.45, 7) is 8.66. The molecule has 0 bridgehead atoms. The fourth-order valence-corrected chi connectivity index (χ4v) is 3.46. The number of hydrogen-bond donors (Lipinski definition) is 1. The van der Waals surface area contributed by atoms with Gasteiger partial charge in [-0.25, -0.2) is 0 Å². The van der Waals surface area contributed by atoms with E-state index in [0.29, 0.717) is 18.3 Å². The van der Waals surface area contributed by atoms with Gasteiger partial charge in [-0.1, -0.05) is 33.1 Å². The summed E-state index contributed by atoms with van der Waals surface area (Å²) in [5.41, 5.74) is -0.721. The van der Waals surface area contributed by atoms with Crippen LogP contribution in [0, 0.1) is 11.8 Å². The molecule has 2 rings (SSSR count). The van der Waals surface area contributed by atoms with Crippen LogP contribution >= 0.6 is 0 Å². The molecule has 1 N–H and O–H groups in total. The van der Waals surface area contributed by atoms with Crippen LogP contribution in [0.3, 0.4) is 0 Å². The molecule has 2 amide bonds. The first kappa shape index (κ1) is 15.3. The Balaban J connectivity index is 2.14. The first-order valence-electron chi connectivity index (χ1n) is 8.02. The second-order valence-electron chi connectivity index (χ2n) is 6.83. The van der Waals surface area contributed by atoms with Crippen molar-refractivity contribution in [1.82, 2.24) is 10.2 Å². The molecule has 0 aromatic rings. The number of nitrogens with one attached hydrogen (secondary N) is 1. The Labute approximate surface area is 122 Å². The van der Waals surface area contributed by atoms with Crippen molar-refractivity contribution in [3.05, 3.63) is 0 Å². The predicted octanol–water partition coefficient (Wildman–Crippen LogP) is 2.33. The molecule has 114 valence electrons. The molecule has 20 heavy (non-hydrogen) atoms. The molecule has 1 heterocycles. The van der Waals surface area contributed by atoms with Crippen molar-refractivity contribution in [2.24, 2.45) is 11.8 Å². The van der Waals surface area contributed by atoms with E-state index in [0.717, 1.165) is 6.54 Å². The molecule has 1 saturated carbocycles. The van der Waals surface area contributed by atoms with Gasteiger partial charge in [0.2, 0.25) is 11.8 Å². The third-order valence-electron chi connectivity index (χ3n) is 5.41. The van der Waals surface area contributed by atoms with Crippen molar-refractivity contribution < 1.29 is 9.59 Å². The molecule has 0 aromatic heterocycles. The van der Waals surface area contributed by atoms with Crippen LogP contribution in [0.15, 0.2) is 0 Å². The highest BCUT2D eigenvalue weighted by atomic mass is 16.2. The third kappa shape index (κ3) is 2.70. The van der Waals surface area contributed by atoms with Crippen molar-refractivity contribution in [1.29, 1.82) is 0 Å². The summed E-state index contributed by atoms with van der Waals surface area (Å²) in [4.78, 5) is 26.7. The third-order valence-corrected chi connectivity index (χ3v) is 5.41. The maximum absolute atomic E-state index is 12.7. The molecule has 1 aliphatic carbocycles. The predicted molar refractivity (Wildman–Crippen MR) is 79.1 cm³/mol. The Bertz CT molecular complexity index is 396. The van der Waals surface area contributed by atoms with Crippen LogP contribution in [0.4, 0.5) is 0 Å². The molecule has 4 unspecified atom stereocenters. The largest absolute Gasteiger partial charge is 0.340 e. The van der Waals surface area contributed by atoms with Crippen molar-refractivity contribution in [2.75, 3.05) is 6.54 Å². The topological polar surface area (TPSA) is 49.4 Å². The lowest BCUT2D eigenvalue weighted by Crippen LogP contribution is -2.69. The summed E-state index contributed by atoms with van der Waals surface area (Å²) in [6, 6.07) is -0.337. The first-order valence-corrected chi connectivity index (χ1v) is 8.02. The van der Waals surface area contributed by atoms with E-state index >= 15 is 0 Å². The monoisotopic (exact) mass is 280 g/mol. The molecule has 0 spiro atoms. The van der Waals surface area contributed by atoms with E-state index in [2.05, 4.69) is 12.2 Å². The molecular weight excluding hydrogens is 252 g/mol. The van der Waals surface area contributed by atoms with Gasteiger partial charge in [-0.05, 0) is 38.5 Å². The summed E-state index contributed by atoms with van der Waals surface area (Å²) >= 11 is 0. The fourth-order valence-electron chi connectivity index (χ4n) is 3.46. The molecule has 2 fully saturated rings. The number of carbonyl (C=O) groups excluding carboxylic acids is 2. The normalized spacial score (nSPS) is 38.8. The quantitative estimate of drug-likeness (QED) is 0.862. The van der Waals surface area contributed by atoms with Gasteiger partial charge in [-0.3, -0.25) is 9.59 Å². The molecule has 4 atom stereocenters. The molecule has 0 aromatic carbocycles. The maximum atomic E-state index is 12.7. The molecule has 0 radical (unpaired) electrons. The smallest absolute Gasteiger partial charge is 0.248 e. The second kappa shape index (κ2) is 5.74. The molecule has 4 nitrogen and oxygen atoms in total. The Kier molecular flexibility index (Phi) is 4.40. The number of carbonyl (C=O) groups is 2. The zero-order chi connectivity index (χ0) is 14.9. The van der Waals surface area contributed by atoms with Crippen LogP contribution in [0.2, 0.25) is 0 Å². The highest BCUT2D eigenvalue weighted by molar-refractivity contribution is 5.99. The number of hydrogen-bond acceptors (Lipinski definition) is 2. The highest BCUT2D eigenvalue weighted by Gasteiger charge is 2.46. The van der Waals surface area contributed by atoms with Crippen LogP contribution in [0.25, 0.3) is 0 Å². The number of amides is 2. The zero-order valence-corrected chi connectivity index (χ0v) is 13.2. The lowest BCUT2D eigenvalue weighted by molar-refractivity contribution is -0.155. The molecular formula is C16H28N2O2. The van der Waals surface area contributed by atoms with Gasteiger partial charge < -0.3 is 10.2 Å². The summed E-state index contributed by atoms with van der Waals surface area (Å²) in [5, 5.41) is 2.89. The lowest BCUT2D eigenvalue weighted by Gasteiger charge is -2.45. The average molecular weight is 280 g/mol. The van der Waals surface area contributed by atoms with Crippen LogP contribution in [-0.2, 0) is 9.59 Å². The minimum atomic E-state index is -0.721. The van der Waals surface area contributed by atoms with E-state index in [4.69, 9.17) is 0 Å². The van der Waals surface area contributed by atoms with Crippen molar-refractivity contribution in [3.8, 4) is 0 Å². The standard InChI is InChI=1S/C16H28N2O2/c1-5-16(4)15(20)18(12(3)14(19)17-16)10-13-9-7-6-8-11(13)2/h11-13H,5-10H2,1-4H3,(H,17,19). The minimum absolute atomic E-state index is 0.0163. The second-order valence-corrected chi connectivity index (χ2v) is 6.83. The summed E-state index contributed by atoms with van der Waals surface area (Å²) in [7, 11) is 0. The van der Waals surface area contributed by atoms with Gasteiger partial charge >= 0.3 is 0 Å². The van der Waals surface area contributed by atoms with Crippen LogP contribution in [-0.4, -0.2) is 34.8 Å². The molecule has 2 aliphatic rings. The van der Waals surface area contributed by atoms with Gasteiger partial charge in [0.15, 0.2) is 0 Å². The van der Waals surface area contributed by atoms with E-state index in [1.54, 1.807) is 0 Å². The van der Waals surface area contributed by atoms with E-state index in [1.165, 1.54) is 25.7 Å². The molecule has 1 aliphatic heterocycles. The van der Waals surface area contributed by atoms with Gasteiger partial charge in [-0.2, -0.15) is 0 Å². The number of piperazine rings is 1. The van der Waals surface area contributed by atoms with Crippen molar-refractivity contribution in [3.63, 3.8) is 0 Å². The van der Waals surface area contributed by atoms with Gasteiger partial charge in [0.05, 0.1) is 0 Å². The Morgan fingerprint density at radius 1 is 1.25 bits per heavy atom. The molecule has 4 heteroatoms. The van der Waals surface area contributed by atoms with Crippen LogP contribution in [0.1, 0.15) is 59.8 Å². The van der Waals surface area contributed by atoms with Gasteiger partial charge in [-0.15, -0.1) is 0 Å². The number of rotatable bonds is 3. The highest BCUT2D eigenvalue weighted by Crippen LogP contribution is 2.32. The van der Waals surface area contributed by atoms with Gasteiger partial charge in [0, 0.05) is 6.54 Å². The van der Waals surface area contributed by atoms with Gasteiger partial charge in [0.25, 0.3) is 0 Å². The van der Waals surface area contributed by atoms with Crippen molar-refractivity contribution >= 4 is 11.8 Å².